The number of hydrogen-bond acceptors (Lipinski definition) is 8. The van der Waals surface area contributed by atoms with Crippen LogP contribution in [0.25, 0.3) is 0 Å². The maximum Gasteiger partial charge on any atom is 0.273 e. The Bertz CT molecular complexity index is 880. The van der Waals surface area contributed by atoms with Gasteiger partial charge in [-0.25, -0.2) is 15.0 Å². The number of rotatable bonds is 7. The molecule has 0 radical (unpaired) electrons. The number of pyridine rings is 1. The molecular weight excluding hydrogens is 334 g/mol. The molecular formula is C17H19N7O2. The van der Waals surface area contributed by atoms with Crippen LogP contribution < -0.4 is 16.0 Å². The second-order valence-electron chi connectivity index (χ2n) is 5.53. The Morgan fingerprint density at radius 3 is 2.65 bits per heavy atom. The predicted molar refractivity (Wildman–Crippen MR) is 96.4 cm³/mol. The van der Waals surface area contributed by atoms with Crippen LogP contribution >= 0.6 is 0 Å². The van der Waals surface area contributed by atoms with Crippen molar-refractivity contribution in [2.75, 3.05) is 23.7 Å². The molecule has 0 aliphatic carbocycles. The smallest absolute Gasteiger partial charge is 0.273 e. The summed E-state index contributed by atoms with van der Waals surface area (Å²) in [6.45, 7) is 4.46. The van der Waals surface area contributed by atoms with E-state index in [2.05, 4.69) is 36.1 Å². The first kappa shape index (κ1) is 17.3. The summed E-state index contributed by atoms with van der Waals surface area (Å²) in [6, 6.07) is 8.96. The van der Waals surface area contributed by atoms with Gasteiger partial charge < -0.3 is 20.5 Å². The van der Waals surface area contributed by atoms with Gasteiger partial charge >= 0.3 is 0 Å². The lowest BCUT2D eigenvalue weighted by molar-refractivity contribution is 0.0946. The Kier molecular flexibility index (Phi) is 5.37. The van der Waals surface area contributed by atoms with Gasteiger partial charge in [0.2, 0.25) is 0 Å². The minimum Gasteiger partial charge on any atom is -0.368 e. The van der Waals surface area contributed by atoms with Crippen LogP contribution in [-0.2, 0) is 0 Å². The number of aromatic nitrogens is 4. The number of amides is 1. The summed E-state index contributed by atoms with van der Waals surface area (Å²) in [5.41, 5.74) is 0.266. The lowest BCUT2D eigenvalue weighted by atomic mass is 10.3. The fraction of sp³-hybridized carbons (Fsp3) is 0.235. The van der Waals surface area contributed by atoms with Crippen molar-refractivity contribution in [1.82, 2.24) is 25.4 Å². The van der Waals surface area contributed by atoms with Crippen LogP contribution in [0, 0.1) is 13.8 Å². The molecule has 1 amide bonds. The normalized spacial score (nSPS) is 10.4. The minimum absolute atomic E-state index is 0.266. The van der Waals surface area contributed by atoms with Crippen LogP contribution in [0.3, 0.4) is 0 Å². The van der Waals surface area contributed by atoms with Gasteiger partial charge in [-0.1, -0.05) is 11.2 Å². The molecule has 3 aromatic rings. The van der Waals surface area contributed by atoms with Gasteiger partial charge in [-0.2, -0.15) is 0 Å². The summed E-state index contributed by atoms with van der Waals surface area (Å²) in [6.07, 6.45) is 1.70. The molecule has 0 atom stereocenters. The lowest BCUT2D eigenvalue weighted by Gasteiger charge is -2.10. The van der Waals surface area contributed by atoms with E-state index in [1.807, 2.05) is 25.1 Å². The van der Waals surface area contributed by atoms with Crippen molar-refractivity contribution in [3.05, 3.63) is 53.8 Å². The molecule has 0 unspecified atom stereocenters. The SMILES string of the molecule is Cc1nc(NCCNC(=O)c2cc(C)on2)cc(Nc2ccccn2)n1. The van der Waals surface area contributed by atoms with E-state index in [1.165, 1.54) is 0 Å². The number of anilines is 3. The quantitative estimate of drug-likeness (QED) is 0.553. The van der Waals surface area contributed by atoms with E-state index >= 15 is 0 Å². The first-order chi connectivity index (χ1) is 12.6. The summed E-state index contributed by atoms with van der Waals surface area (Å²) in [4.78, 5) is 24.8. The summed E-state index contributed by atoms with van der Waals surface area (Å²) in [7, 11) is 0. The molecule has 0 bridgehead atoms. The molecule has 134 valence electrons. The monoisotopic (exact) mass is 353 g/mol. The highest BCUT2D eigenvalue weighted by Crippen LogP contribution is 2.15. The van der Waals surface area contributed by atoms with E-state index < -0.39 is 0 Å². The van der Waals surface area contributed by atoms with E-state index in [0.717, 1.165) is 0 Å². The van der Waals surface area contributed by atoms with Crippen molar-refractivity contribution in [3.63, 3.8) is 0 Å². The first-order valence-electron chi connectivity index (χ1n) is 8.09. The van der Waals surface area contributed by atoms with Crippen LogP contribution in [-0.4, -0.2) is 39.1 Å². The van der Waals surface area contributed by atoms with E-state index in [0.29, 0.717) is 42.1 Å². The highest BCUT2D eigenvalue weighted by Gasteiger charge is 2.10. The van der Waals surface area contributed by atoms with E-state index in [9.17, 15) is 4.79 Å². The summed E-state index contributed by atoms with van der Waals surface area (Å²) in [5.74, 6) is 2.93. The third kappa shape index (κ3) is 4.76. The Balaban J connectivity index is 1.52. The fourth-order valence-corrected chi connectivity index (χ4v) is 2.22. The molecule has 3 heterocycles. The summed E-state index contributed by atoms with van der Waals surface area (Å²) < 4.78 is 4.88. The number of carbonyl (C=O) groups excluding carboxylic acids is 1. The van der Waals surface area contributed by atoms with Gasteiger partial charge in [0.1, 0.15) is 29.0 Å². The molecule has 9 nitrogen and oxygen atoms in total. The third-order valence-corrected chi connectivity index (χ3v) is 3.34. The number of nitrogens with zero attached hydrogens (tertiary/aromatic N) is 4. The molecule has 0 aliphatic heterocycles. The summed E-state index contributed by atoms with van der Waals surface area (Å²) in [5, 5.41) is 12.7. The minimum atomic E-state index is -0.278. The largest absolute Gasteiger partial charge is 0.368 e. The van der Waals surface area contributed by atoms with Crippen molar-refractivity contribution in [1.29, 1.82) is 0 Å². The average Bonchev–Trinajstić information content (AvgIpc) is 3.05. The van der Waals surface area contributed by atoms with Crippen LogP contribution in [0.5, 0.6) is 0 Å². The molecule has 0 aliphatic rings. The van der Waals surface area contributed by atoms with Gasteiger partial charge in [-0.15, -0.1) is 0 Å². The topological polar surface area (TPSA) is 118 Å². The lowest BCUT2D eigenvalue weighted by Crippen LogP contribution is -2.29. The van der Waals surface area contributed by atoms with Gasteiger partial charge in [-0.3, -0.25) is 4.79 Å². The van der Waals surface area contributed by atoms with Gasteiger partial charge in [0, 0.05) is 31.4 Å². The molecule has 26 heavy (non-hydrogen) atoms. The van der Waals surface area contributed by atoms with Crippen LogP contribution in [0.4, 0.5) is 17.5 Å². The molecule has 0 aromatic carbocycles. The number of aryl methyl sites for hydroxylation is 2. The average molecular weight is 353 g/mol. The third-order valence-electron chi connectivity index (χ3n) is 3.34. The van der Waals surface area contributed by atoms with Crippen LogP contribution in [0.1, 0.15) is 22.1 Å². The Morgan fingerprint density at radius 1 is 1.08 bits per heavy atom. The predicted octanol–water partition coefficient (Wildman–Crippen LogP) is 2.06. The van der Waals surface area contributed by atoms with Crippen molar-refractivity contribution in [3.8, 4) is 0 Å². The van der Waals surface area contributed by atoms with Crippen molar-refractivity contribution < 1.29 is 9.32 Å². The highest BCUT2D eigenvalue weighted by atomic mass is 16.5. The molecule has 0 fully saturated rings. The Hall–Kier alpha value is -3.49. The van der Waals surface area contributed by atoms with Gasteiger partial charge in [0.15, 0.2) is 5.69 Å². The van der Waals surface area contributed by atoms with E-state index in [4.69, 9.17) is 4.52 Å². The maximum atomic E-state index is 11.9. The Morgan fingerprint density at radius 2 is 1.92 bits per heavy atom. The number of nitrogens with one attached hydrogen (secondary N) is 3. The fourth-order valence-electron chi connectivity index (χ4n) is 2.22. The molecule has 3 aromatic heterocycles. The molecule has 9 heteroatoms. The zero-order chi connectivity index (χ0) is 18.4. The molecule has 3 rings (SSSR count). The first-order valence-corrected chi connectivity index (χ1v) is 8.09. The summed E-state index contributed by atoms with van der Waals surface area (Å²) >= 11 is 0. The molecule has 0 spiro atoms. The van der Waals surface area contributed by atoms with Crippen molar-refractivity contribution in [2.45, 2.75) is 13.8 Å². The second-order valence-corrected chi connectivity index (χ2v) is 5.53. The number of hydrogen-bond donors (Lipinski definition) is 3. The number of carbonyl (C=O) groups is 1. The Labute approximate surface area is 150 Å². The second kappa shape index (κ2) is 8.06. The van der Waals surface area contributed by atoms with Crippen molar-refractivity contribution in [2.24, 2.45) is 0 Å². The standard InChI is InChI=1S/C17H19N7O2/c1-11-9-13(24-26-11)17(25)20-8-7-19-15-10-16(22-12(2)21-15)23-14-5-3-4-6-18-14/h3-6,9-10H,7-8H2,1-2H3,(H,20,25)(H2,18,19,21,22,23). The maximum absolute atomic E-state index is 11.9. The molecule has 0 saturated carbocycles. The van der Waals surface area contributed by atoms with Crippen LogP contribution in [0.15, 0.2) is 41.1 Å². The van der Waals surface area contributed by atoms with Crippen molar-refractivity contribution >= 4 is 23.4 Å². The molecule has 0 saturated heterocycles. The van der Waals surface area contributed by atoms with Gasteiger partial charge in [0.25, 0.3) is 5.91 Å². The van der Waals surface area contributed by atoms with E-state index in [1.54, 1.807) is 25.3 Å². The van der Waals surface area contributed by atoms with Gasteiger partial charge in [-0.05, 0) is 26.0 Å². The molecule has 3 N–H and O–H groups in total. The van der Waals surface area contributed by atoms with Crippen LogP contribution in [0.2, 0.25) is 0 Å². The zero-order valence-electron chi connectivity index (χ0n) is 14.5. The van der Waals surface area contributed by atoms with Gasteiger partial charge in [0.05, 0.1) is 0 Å². The van der Waals surface area contributed by atoms with E-state index in [-0.39, 0.29) is 11.6 Å². The zero-order valence-corrected chi connectivity index (χ0v) is 14.5. The highest BCUT2D eigenvalue weighted by molar-refractivity contribution is 5.92.